The Hall–Kier alpha value is -2.98. The topological polar surface area (TPSA) is 110 Å². The number of rotatable bonds is 9. The quantitative estimate of drug-likeness (QED) is 0.349. The second-order valence-corrected chi connectivity index (χ2v) is 10.2. The van der Waals surface area contributed by atoms with E-state index in [1.165, 1.54) is 0 Å². The Morgan fingerprint density at radius 2 is 2.08 bits per heavy atom. The van der Waals surface area contributed by atoms with Gasteiger partial charge >= 0.3 is 0 Å². The van der Waals surface area contributed by atoms with Crippen LogP contribution in [-0.2, 0) is 14.2 Å². The van der Waals surface area contributed by atoms with Crippen LogP contribution in [0.25, 0.3) is 11.3 Å². The van der Waals surface area contributed by atoms with Crippen LogP contribution in [0.3, 0.4) is 0 Å². The van der Waals surface area contributed by atoms with Crippen molar-refractivity contribution in [3.8, 4) is 11.3 Å². The number of H-pyrrole nitrogens is 1. The maximum Gasteiger partial charge on any atom is 0.268 e. The van der Waals surface area contributed by atoms with Gasteiger partial charge in [-0.05, 0) is 68.4 Å². The van der Waals surface area contributed by atoms with Gasteiger partial charge in [0.2, 0.25) is 5.95 Å². The second kappa shape index (κ2) is 12.7. The fourth-order valence-electron chi connectivity index (χ4n) is 4.72. The van der Waals surface area contributed by atoms with E-state index in [1.54, 1.807) is 12.4 Å². The van der Waals surface area contributed by atoms with Crippen molar-refractivity contribution in [1.82, 2.24) is 20.3 Å². The number of aromatic amines is 1. The van der Waals surface area contributed by atoms with Gasteiger partial charge in [-0.25, -0.2) is 9.97 Å². The lowest BCUT2D eigenvalue weighted by atomic mass is 10.1. The van der Waals surface area contributed by atoms with Crippen LogP contribution in [0.15, 0.2) is 42.7 Å². The van der Waals surface area contributed by atoms with Gasteiger partial charge in [-0.1, -0.05) is 23.7 Å². The van der Waals surface area contributed by atoms with E-state index in [1.807, 2.05) is 37.3 Å². The Balaban J connectivity index is 1.29. The fraction of sp³-hybridized carbons (Fsp3) is 0.464. The number of carbonyl (C=O) groups excluding carboxylic acids is 1. The number of nitrogens with one attached hydrogen (secondary N) is 3. The summed E-state index contributed by atoms with van der Waals surface area (Å²) in [5, 5.41) is 7.11. The second-order valence-electron chi connectivity index (χ2n) is 9.77. The summed E-state index contributed by atoms with van der Waals surface area (Å²) in [5.74, 6) is 0.328. The molecule has 2 saturated heterocycles. The van der Waals surface area contributed by atoms with E-state index < -0.39 is 6.04 Å². The van der Waals surface area contributed by atoms with Gasteiger partial charge in [0.1, 0.15) is 5.69 Å². The molecule has 2 aromatic heterocycles. The number of halogens is 1. The normalized spacial score (nSPS) is 19.2. The number of nitrogens with zero attached hydrogens (tertiary/aromatic N) is 2. The predicted octanol–water partition coefficient (Wildman–Crippen LogP) is 5.04. The lowest BCUT2D eigenvalue weighted by Gasteiger charge is -2.26. The van der Waals surface area contributed by atoms with Gasteiger partial charge in [0, 0.05) is 48.8 Å². The number of amides is 1. The molecule has 0 saturated carbocycles. The fourth-order valence-corrected chi connectivity index (χ4v) is 4.92. The molecule has 202 valence electrons. The van der Waals surface area contributed by atoms with Crippen molar-refractivity contribution >= 4 is 23.5 Å². The summed E-state index contributed by atoms with van der Waals surface area (Å²) < 4.78 is 17.2. The van der Waals surface area contributed by atoms with Crippen molar-refractivity contribution in [1.29, 1.82) is 0 Å². The van der Waals surface area contributed by atoms with E-state index >= 15 is 0 Å². The van der Waals surface area contributed by atoms with Crippen LogP contribution in [0.5, 0.6) is 0 Å². The van der Waals surface area contributed by atoms with Gasteiger partial charge in [-0.15, -0.1) is 0 Å². The molecule has 2 atom stereocenters. The summed E-state index contributed by atoms with van der Waals surface area (Å²) in [6.45, 7) is 4.40. The lowest BCUT2D eigenvalue weighted by molar-refractivity contribution is -0.165. The van der Waals surface area contributed by atoms with Crippen LogP contribution in [0.4, 0.5) is 5.95 Å². The van der Waals surface area contributed by atoms with Crippen LogP contribution >= 0.6 is 11.6 Å². The molecule has 2 aliphatic heterocycles. The van der Waals surface area contributed by atoms with E-state index in [9.17, 15) is 4.79 Å². The molecule has 0 aliphatic carbocycles. The Bertz CT molecular complexity index is 1220. The number of aryl methyl sites for hydroxylation is 1. The van der Waals surface area contributed by atoms with Crippen LogP contribution < -0.4 is 10.6 Å². The summed E-state index contributed by atoms with van der Waals surface area (Å²) in [5.41, 5.74) is 3.80. The van der Waals surface area contributed by atoms with Gasteiger partial charge < -0.3 is 29.8 Å². The number of carbonyl (C=O) groups is 1. The molecule has 3 N–H and O–H groups in total. The molecule has 3 aromatic rings. The number of ether oxygens (including phenoxy) is 3. The van der Waals surface area contributed by atoms with Crippen molar-refractivity contribution in [2.45, 2.75) is 57.4 Å². The summed E-state index contributed by atoms with van der Waals surface area (Å²) in [4.78, 5) is 25.6. The first kappa shape index (κ1) is 26.6. The summed E-state index contributed by atoms with van der Waals surface area (Å²) in [6.07, 6.45) is 8.14. The molecule has 4 heterocycles. The molecule has 2 aliphatic rings. The highest BCUT2D eigenvalue weighted by Gasteiger charge is 2.22. The minimum atomic E-state index is -0.394. The minimum absolute atomic E-state index is 0.248. The minimum Gasteiger partial charge on any atom is -0.381 e. The lowest BCUT2D eigenvalue weighted by Crippen LogP contribution is -2.34. The number of hydrogen-bond donors (Lipinski definition) is 3. The monoisotopic (exact) mass is 539 g/mol. The molecule has 0 radical (unpaired) electrons. The van der Waals surface area contributed by atoms with Gasteiger partial charge in [-0.3, -0.25) is 4.79 Å². The van der Waals surface area contributed by atoms with E-state index in [4.69, 9.17) is 30.8 Å². The zero-order chi connectivity index (χ0) is 26.3. The first-order valence-corrected chi connectivity index (χ1v) is 13.6. The van der Waals surface area contributed by atoms with E-state index in [0.29, 0.717) is 23.3 Å². The molecule has 1 aromatic carbocycles. The van der Waals surface area contributed by atoms with Crippen LogP contribution in [0, 0.1) is 6.92 Å². The van der Waals surface area contributed by atoms with Crippen molar-refractivity contribution in [2.24, 2.45) is 0 Å². The van der Waals surface area contributed by atoms with Crippen molar-refractivity contribution in [2.75, 3.05) is 31.7 Å². The number of benzene rings is 1. The zero-order valence-corrected chi connectivity index (χ0v) is 22.3. The van der Waals surface area contributed by atoms with Crippen molar-refractivity contribution in [3.63, 3.8) is 0 Å². The SMILES string of the molecule is Cc1cnc(NC2CCOCC2)nc1-c1c[nH]c(C(=O)NC(COC2CCCCO2)c2cccc(Cl)c2)c1. The zero-order valence-electron chi connectivity index (χ0n) is 21.5. The van der Waals surface area contributed by atoms with Crippen molar-refractivity contribution < 1.29 is 19.0 Å². The Morgan fingerprint density at radius 1 is 1.21 bits per heavy atom. The molecule has 0 bridgehead atoms. The number of hydrogen-bond acceptors (Lipinski definition) is 7. The van der Waals surface area contributed by atoms with Gasteiger partial charge in [0.15, 0.2) is 6.29 Å². The highest BCUT2D eigenvalue weighted by molar-refractivity contribution is 6.30. The molecule has 5 rings (SSSR count). The van der Waals surface area contributed by atoms with Crippen molar-refractivity contribution in [3.05, 3.63) is 64.6 Å². The first-order chi connectivity index (χ1) is 18.5. The average molecular weight is 540 g/mol. The largest absolute Gasteiger partial charge is 0.381 e. The van der Waals surface area contributed by atoms with E-state index in [0.717, 1.165) is 67.7 Å². The third-order valence-electron chi connectivity index (χ3n) is 6.87. The smallest absolute Gasteiger partial charge is 0.268 e. The molecular weight excluding hydrogens is 506 g/mol. The molecule has 1 amide bonds. The summed E-state index contributed by atoms with van der Waals surface area (Å²) >= 11 is 6.24. The van der Waals surface area contributed by atoms with Crippen LogP contribution in [0.1, 0.15) is 59.8 Å². The molecule has 0 spiro atoms. The van der Waals surface area contributed by atoms with Gasteiger partial charge in [-0.2, -0.15) is 0 Å². The highest BCUT2D eigenvalue weighted by Crippen LogP contribution is 2.25. The molecule has 10 heteroatoms. The van der Waals surface area contributed by atoms with Gasteiger partial charge in [0.25, 0.3) is 5.91 Å². The summed E-state index contributed by atoms with van der Waals surface area (Å²) in [7, 11) is 0. The number of aromatic nitrogens is 3. The standard InChI is InChI=1S/C28H34ClN5O4/c1-18-15-31-28(32-22-8-11-36-12-9-22)34-26(18)20-14-23(30-16-20)27(35)33-24(19-5-4-6-21(29)13-19)17-38-25-7-2-3-10-37-25/h4-6,13-16,22,24-25,30H,2-3,7-12,17H2,1H3,(H,33,35)(H,31,32,34). The highest BCUT2D eigenvalue weighted by atomic mass is 35.5. The summed E-state index contributed by atoms with van der Waals surface area (Å²) in [6, 6.07) is 9.15. The Kier molecular flexibility index (Phi) is 8.90. The number of anilines is 1. The van der Waals surface area contributed by atoms with Crippen LogP contribution in [0.2, 0.25) is 5.02 Å². The molecule has 9 nitrogen and oxygen atoms in total. The van der Waals surface area contributed by atoms with Crippen LogP contribution in [-0.4, -0.2) is 59.6 Å². The van der Waals surface area contributed by atoms with E-state index in [-0.39, 0.29) is 24.8 Å². The predicted molar refractivity (Wildman–Crippen MR) is 145 cm³/mol. The Morgan fingerprint density at radius 3 is 2.87 bits per heavy atom. The first-order valence-electron chi connectivity index (χ1n) is 13.2. The maximum absolute atomic E-state index is 13.3. The molecular formula is C28H34ClN5O4. The molecule has 38 heavy (non-hydrogen) atoms. The molecule has 2 unspecified atom stereocenters. The molecule has 2 fully saturated rings. The van der Waals surface area contributed by atoms with Gasteiger partial charge in [0.05, 0.1) is 18.3 Å². The average Bonchev–Trinajstić information content (AvgIpc) is 3.43. The maximum atomic E-state index is 13.3. The van der Waals surface area contributed by atoms with E-state index in [2.05, 4.69) is 20.6 Å². The third kappa shape index (κ3) is 6.91. The Labute approximate surface area is 227 Å². The third-order valence-corrected chi connectivity index (χ3v) is 7.11.